The molecule has 0 aliphatic rings. The Balaban J connectivity index is 4.25. The molecule has 0 amide bonds. The van der Waals surface area contributed by atoms with Crippen LogP contribution in [0, 0.1) is 0 Å². The summed E-state index contributed by atoms with van der Waals surface area (Å²) in [5.41, 5.74) is 5.00. The van der Waals surface area contributed by atoms with Crippen LogP contribution < -0.4 is 15.7 Å². The zero-order valence-electron chi connectivity index (χ0n) is 6.72. The summed E-state index contributed by atoms with van der Waals surface area (Å²) in [6.07, 6.45) is -1.50. The molecule has 3 unspecified atom stereocenters. The molecule has 7 heteroatoms. The van der Waals surface area contributed by atoms with Gasteiger partial charge in [-0.15, -0.1) is 0 Å². The van der Waals surface area contributed by atoms with E-state index in [1.807, 2.05) is 0 Å². The van der Waals surface area contributed by atoms with Crippen molar-refractivity contribution in [2.45, 2.75) is 25.7 Å². The molecule has 0 spiro atoms. The van der Waals surface area contributed by atoms with E-state index in [0.29, 0.717) is 0 Å². The van der Waals surface area contributed by atoms with Gasteiger partial charge in [-0.05, 0) is 13.8 Å². The highest BCUT2D eigenvalue weighted by atomic mass is 31.2. The summed E-state index contributed by atoms with van der Waals surface area (Å²) in [5, 5.41) is 10.1. The molecule has 0 heterocycles. The second kappa shape index (κ2) is 4.00. The van der Waals surface area contributed by atoms with Crippen molar-refractivity contribution in [2.24, 2.45) is 5.73 Å². The average molecular weight is 195 g/mol. The van der Waals surface area contributed by atoms with Crippen LogP contribution in [0.15, 0.2) is 0 Å². The maximum atomic E-state index is 10.8. The summed E-state index contributed by atoms with van der Waals surface area (Å²) in [7, 11) is -4.27. The van der Waals surface area contributed by atoms with Gasteiger partial charge in [-0.25, -0.2) is 0 Å². The van der Waals surface area contributed by atoms with Crippen molar-refractivity contribution in [2.75, 3.05) is 0 Å². The second-order valence-electron chi connectivity index (χ2n) is 2.35. The van der Waals surface area contributed by atoms with Gasteiger partial charge in [0.1, 0.15) is 6.10 Å². The minimum absolute atomic E-state index is 1.06. The van der Waals surface area contributed by atoms with Crippen LogP contribution in [-0.2, 0) is 13.9 Å². The first-order valence-electron chi connectivity index (χ1n) is 3.23. The van der Waals surface area contributed by atoms with E-state index in [-0.39, 0.29) is 0 Å². The van der Waals surface area contributed by atoms with Gasteiger partial charge in [-0.2, -0.15) is 0 Å². The topological polar surface area (TPSA) is 116 Å². The molecule has 0 aromatic rings. The normalized spacial score (nSPS) is 21.0. The monoisotopic (exact) mass is 195 g/mol. The van der Waals surface area contributed by atoms with Crippen molar-refractivity contribution in [1.82, 2.24) is 0 Å². The molecule has 0 bridgehead atoms. The lowest BCUT2D eigenvalue weighted by molar-refractivity contribution is -0.315. The summed E-state index contributed by atoms with van der Waals surface area (Å²) in [5.74, 6) is -2.81. The van der Waals surface area contributed by atoms with Gasteiger partial charge in [0.25, 0.3) is 0 Å². The Labute approximate surface area is 69.9 Å². The standard InChI is InChI=1S/C5H12NO5P/c1-3(5(7)8)11-12(9,10)4(2)6/h3-4H,6H2,1-2H3,(H,7,8)(H,9,10)/p-2. The highest BCUT2D eigenvalue weighted by Crippen LogP contribution is 2.41. The molecule has 0 aliphatic heterocycles. The van der Waals surface area contributed by atoms with Gasteiger partial charge < -0.3 is 29.6 Å². The van der Waals surface area contributed by atoms with Crippen molar-refractivity contribution in [1.29, 1.82) is 0 Å². The number of rotatable bonds is 4. The molecule has 0 saturated carbocycles. The van der Waals surface area contributed by atoms with Crippen molar-refractivity contribution in [3.8, 4) is 0 Å². The Hall–Kier alpha value is -0.420. The van der Waals surface area contributed by atoms with E-state index in [4.69, 9.17) is 5.73 Å². The molecule has 0 saturated heterocycles. The maximum Gasteiger partial charge on any atom is 0.151 e. The van der Waals surface area contributed by atoms with Gasteiger partial charge in [0.15, 0.2) is 7.60 Å². The Kier molecular flexibility index (Phi) is 3.86. The molecule has 6 nitrogen and oxygen atoms in total. The highest BCUT2D eigenvalue weighted by molar-refractivity contribution is 7.52. The Morgan fingerprint density at radius 3 is 2.25 bits per heavy atom. The van der Waals surface area contributed by atoms with E-state index < -0.39 is 25.5 Å². The number of carbonyl (C=O) groups excluding carboxylic acids is 1. The molecule has 0 radical (unpaired) electrons. The van der Waals surface area contributed by atoms with Gasteiger partial charge >= 0.3 is 0 Å². The summed E-state index contributed by atoms with van der Waals surface area (Å²) >= 11 is 0. The molecule has 0 aromatic heterocycles. The zero-order chi connectivity index (χ0) is 9.94. The van der Waals surface area contributed by atoms with E-state index in [1.54, 1.807) is 0 Å². The first kappa shape index (κ1) is 11.6. The Morgan fingerprint density at radius 1 is 1.58 bits per heavy atom. The number of hydrogen-bond acceptors (Lipinski definition) is 6. The van der Waals surface area contributed by atoms with Crippen LogP contribution in [0.4, 0.5) is 0 Å². The molecule has 0 aliphatic carbocycles. The summed E-state index contributed by atoms with van der Waals surface area (Å²) < 4.78 is 15.0. The number of nitrogens with two attached hydrogens (primary N) is 1. The van der Waals surface area contributed by atoms with Crippen LogP contribution in [0.5, 0.6) is 0 Å². The van der Waals surface area contributed by atoms with Crippen LogP contribution in [0.25, 0.3) is 0 Å². The number of carboxylic acids is 1. The molecule has 72 valence electrons. The van der Waals surface area contributed by atoms with E-state index in [1.165, 1.54) is 6.92 Å². The molecule has 0 rings (SSSR count). The minimum Gasteiger partial charge on any atom is -0.777 e. The maximum absolute atomic E-state index is 10.8. The molecule has 0 fully saturated rings. The predicted octanol–water partition coefficient (Wildman–Crippen LogP) is -2.00. The number of hydrogen-bond donors (Lipinski definition) is 1. The molecule has 12 heavy (non-hydrogen) atoms. The second-order valence-corrected chi connectivity index (χ2v) is 4.45. The summed E-state index contributed by atoms with van der Waals surface area (Å²) in [4.78, 5) is 20.9. The molecule has 2 N–H and O–H groups in total. The fourth-order valence-corrected chi connectivity index (χ4v) is 1.08. The first-order chi connectivity index (χ1) is 5.27. The van der Waals surface area contributed by atoms with E-state index in [2.05, 4.69) is 4.52 Å². The lowest BCUT2D eigenvalue weighted by Crippen LogP contribution is -2.37. The molecular formula is C5H10NO5P-2. The van der Waals surface area contributed by atoms with E-state index >= 15 is 0 Å². The Morgan fingerprint density at radius 2 is 2.00 bits per heavy atom. The van der Waals surface area contributed by atoms with Gasteiger partial charge in [0.05, 0.1) is 11.8 Å². The van der Waals surface area contributed by atoms with Crippen LogP contribution >= 0.6 is 7.60 Å². The van der Waals surface area contributed by atoms with Gasteiger partial charge in [-0.1, -0.05) is 0 Å². The third-order valence-corrected chi connectivity index (χ3v) is 2.74. The molecular weight excluding hydrogens is 185 g/mol. The summed E-state index contributed by atoms with van der Waals surface area (Å²) in [6.45, 7) is 2.25. The van der Waals surface area contributed by atoms with E-state index in [0.717, 1.165) is 6.92 Å². The third kappa shape index (κ3) is 3.32. The highest BCUT2D eigenvalue weighted by Gasteiger charge is 2.18. The zero-order valence-corrected chi connectivity index (χ0v) is 7.61. The van der Waals surface area contributed by atoms with Crippen molar-refractivity contribution >= 4 is 13.6 Å². The van der Waals surface area contributed by atoms with Crippen molar-refractivity contribution in [3.05, 3.63) is 0 Å². The minimum atomic E-state index is -4.27. The molecule has 0 aromatic carbocycles. The van der Waals surface area contributed by atoms with Gasteiger partial charge in [0, 0.05) is 0 Å². The number of aliphatic carboxylic acids is 1. The van der Waals surface area contributed by atoms with Gasteiger partial charge in [0.2, 0.25) is 0 Å². The van der Waals surface area contributed by atoms with Crippen molar-refractivity contribution in [3.63, 3.8) is 0 Å². The fraction of sp³-hybridized carbons (Fsp3) is 0.800. The first-order valence-corrected chi connectivity index (χ1v) is 4.84. The quantitative estimate of drug-likeness (QED) is 0.518. The number of carboxylic acid groups (broad SMARTS) is 1. The summed E-state index contributed by atoms with van der Waals surface area (Å²) in [6, 6.07) is 0. The van der Waals surface area contributed by atoms with Crippen LogP contribution in [0.3, 0.4) is 0 Å². The predicted molar refractivity (Wildman–Crippen MR) is 36.8 cm³/mol. The van der Waals surface area contributed by atoms with Crippen LogP contribution in [-0.4, -0.2) is 17.9 Å². The smallest absolute Gasteiger partial charge is 0.151 e. The van der Waals surface area contributed by atoms with Crippen molar-refractivity contribution < 1.29 is 23.9 Å². The third-order valence-electron chi connectivity index (χ3n) is 1.14. The largest absolute Gasteiger partial charge is 0.777 e. The fourth-order valence-electron chi connectivity index (χ4n) is 0.359. The van der Waals surface area contributed by atoms with Gasteiger partial charge in [-0.3, -0.25) is 0 Å². The lowest BCUT2D eigenvalue weighted by Gasteiger charge is -2.30. The SMILES string of the molecule is CC(OP(=O)([O-])C(C)N)C(=O)[O-]. The molecule has 3 atom stereocenters. The van der Waals surface area contributed by atoms with Crippen LogP contribution in [0.1, 0.15) is 13.8 Å². The van der Waals surface area contributed by atoms with E-state index in [9.17, 15) is 19.4 Å². The average Bonchev–Trinajstić information content (AvgIpc) is 1.85. The number of carbonyl (C=O) groups is 1. The Bertz CT molecular complexity index is 216. The van der Waals surface area contributed by atoms with Crippen LogP contribution in [0.2, 0.25) is 0 Å². The lowest BCUT2D eigenvalue weighted by atomic mass is 10.4.